The van der Waals surface area contributed by atoms with Crippen LogP contribution in [0.25, 0.3) is 28.0 Å². The number of hydrogen-bond donors (Lipinski definition) is 0. The van der Waals surface area contributed by atoms with Crippen molar-refractivity contribution in [1.82, 2.24) is 14.6 Å². The van der Waals surface area contributed by atoms with E-state index in [1.807, 2.05) is 46.8 Å². The fraction of sp³-hybridized carbons (Fsp3) is 0.447. The quantitative estimate of drug-likeness (QED) is 0.161. The lowest BCUT2D eigenvalue weighted by molar-refractivity contribution is -0.164. The number of carbonyl (C=O) groups is 1. The Morgan fingerprint density at radius 3 is 2.55 bits per heavy atom. The smallest absolute Gasteiger partial charge is 0.339 e. The lowest BCUT2D eigenvalue weighted by Crippen LogP contribution is -2.45. The molecule has 0 unspecified atom stereocenters. The van der Waals surface area contributed by atoms with E-state index in [4.69, 9.17) is 29.0 Å². The molecule has 260 valence electrons. The van der Waals surface area contributed by atoms with Crippen LogP contribution in [-0.2, 0) is 19.0 Å². The Bertz CT molecular complexity index is 1890. The van der Waals surface area contributed by atoms with Gasteiger partial charge in [-0.3, -0.25) is 0 Å². The highest BCUT2D eigenvalue weighted by molar-refractivity contribution is 5.81. The molecule has 5 heterocycles. The third kappa shape index (κ3) is 7.19. The maximum absolute atomic E-state index is 15.6. The molecule has 4 aromatic rings. The van der Waals surface area contributed by atoms with Gasteiger partial charge in [0.1, 0.15) is 23.2 Å². The zero-order valence-electron chi connectivity index (χ0n) is 29.2. The second-order valence-electron chi connectivity index (χ2n) is 14.1. The van der Waals surface area contributed by atoms with E-state index in [0.717, 1.165) is 12.8 Å². The first-order valence-electron chi connectivity index (χ1n) is 16.7. The van der Waals surface area contributed by atoms with Crippen molar-refractivity contribution >= 4 is 17.4 Å². The van der Waals surface area contributed by atoms with Crippen LogP contribution >= 0.6 is 0 Å². The van der Waals surface area contributed by atoms with Crippen molar-refractivity contribution in [1.29, 1.82) is 0 Å². The molecule has 0 amide bonds. The monoisotopic (exact) mass is 674 g/mol. The summed E-state index contributed by atoms with van der Waals surface area (Å²) >= 11 is 0. The Morgan fingerprint density at radius 2 is 1.84 bits per heavy atom. The van der Waals surface area contributed by atoms with E-state index >= 15 is 8.78 Å². The van der Waals surface area contributed by atoms with E-state index in [1.54, 1.807) is 34.8 Å². The largest absolute Gasteiger partial charge is 0.490 e. The number of aromatic nitrogens is 3. The number of piperidine rings is 1. The maximum atomic E-state index is 15.6. The van der Waals surface area contributed by atoms with Gasteiger partial charge in [-0.2, -0.15) is 9.61 Å². The molecule has 7 rings (SSSR count). The second kappa shape index (κ2) is 13.5. The summed E-state index contributed by atoms with van der Waals surface area (Å²) in [5.41, 5.74) is 1.76. The normalized spacial score (nSPS) is 21.2. The first-order valence-corrected chi connectivity index (χ1v) is 16.7. The molecule has 2 atom stereocenters. The van der Waals surface area contributed by atoms with E-state index in [9.17, 15) is 4.79 Å². The number of carbonyl (C=O) groups excluding carboxylic acids is 1. The predicted octanol–water partition coefficient (Wildman–Crippen LogP) is 7.78. The lowest BCUT2D eigenvalue weighted by atomic mass is 9.92. The standard InChI is InChI=1S/C38H44F2N4O5/c1-23-11-8-9-20-47-38(6)16-18-43(19-17-38)35-32(34(36(45)46-7)49-37(3,4)5)24(2)41-31-22-29(42-44(31)35)25-14-15-27(39)26(21-25)33-28(40)12-10-13-30(33)48-23/h8-10,12-15,21-23,34H,11,16-20H2,1-7H3/b9-8+/t23-,34-/m0/s1. The summed E-state index contributed by atoms with van der Waals surface area (Å²) in [5, 5.41) is 4.99. The lowest BCUT2D eigenvalue weighted by Gasteiger charge is -2.41. The first-order chi connectivity index (χ1) is 23.3. The van der Waals surface area contributed by atoms with Crippen molar-refractivity contribution < 1.29 is 32.5 Å². The minimum Gasteiger partial charge on any atom is -0.490 e. The van der Waals surface area contributed by atoms with Gasteiger partial charge in [-0.15, -0.1) is 0 Å². The van der Waals surface area contributed by atoms with E-state index in [2.05, 4.69) is 11.8 Å². The molecule has 0 spiro atoms. The average Bonchev–Trinajstić information content (AvgIpc) is 3.46. The molecule has 3 aliphatic heterocycles. The number of esters is 1. The van der Waals surface area contributed by atoms with E-state index < -0.39 is 29.3 Å². The summed E-state index contributed by atoms with van der Waals surface area (Å²) in [6.45, 7) is 13.2. The van der Waals surface area contributed by atoms with Gasteiger partial charge >= 0.3 is 5.97 Å². The fourth-order valence-electron chi connectivity index (χ4n) is 6.50. The molecule has 2 aromatic carbocycles. The molecule has 6 bridgehead atoms. The van der Waals surface area contributed by atoms with E-state index in [1.165, 1.54) is 19.2 Å². The third-order valence-corrected chi connectivity index (χ3v) is 9.07. The van der Waals surface area contributed by atoms with Crippen molar-refractivity contribution in [3.05, 3.63) is 77.5 Å². The summed E-state index contributed by atoms with van der Waals surface area (Å²) in [6, 6.07) is 10.8. The minimum absolute atomic E-state index is 0.0349. The highest BCUT2D eigenvalue weighted by Crippen LogP contribution is 2.40. The van der Waals surface area contributed by atoms with Gasteiger partial charge in [0, 0.05) is 42.4 Å². The molecular weight excluding hydrogens is 630 g/mol. The van der Waals surface area contributed by atoms with E-state index in [-0.39, 0.29) is 28.6 Å². The molecule has 3 aliphatic rings. The van der Waals surface area contributed by atoms with Crippen molar-refractivity contribution in [2.45, 2.75) is 84.2 Å². The van der Waals surface area contributed by atoms with Crippen LogP contribution in [0.3, 0.4) is 0 Å². The van der Waals surface area contributed by atoms with Gasteiger partial charge in [-0.05, 0) is 84.7 Å². The first kappa shape index (κ1) is 34.5. The average molecular weight is 675 g/mol. The molecular formula is C38H44F2N4O5. The van der Waals surface area contributed by atoms with Crippen LogP contribution in [-0.4, -0.2) is 64.7 Å². The highest BCUT2D eigenvalue weighted by atomic mass is 19.1. The molecule has 1 fully saturated rings. The molecule has 1 saturated heterocycles. The molecule has 9 nitrogen and oxygen atoms in total. The number of hydrogen-bond acceptors (Lipinski definition) is 8. The predicted molar refractivity (Wildman–Crippen MR) is 184 cm³/mol. The number of aryl methyl sites for hydroxylation is 1. The summed E-state index contributed by atoms with van der Waals surface area (Å²) in [4.78, 5) is 20.4. The van der Waals surface area contributed by atoms with Gasteiger partial charge < -0.3 is 23.8 Å². The van der Waals surface area contributed by atoms with Gasteiger partial charge in [0.2, 0.25) is 0 Å². The maximum Gasteiger partial charge on any atom is 0.339 e. The Hall–Kier alpha value is -4.35. The summed E-state index contributed by atoms with van der Waals surface area (Å²) in [5.74, 6) is -0.844. The van der Waals surface area contributed by atoms with Crippen LogP contribution in [0, 0.1) is 18.6 Å². The Kier molecular flexibility index (Phi) is 9.52. The molecule has 11 heteroatoms. The molecule has 2 aromatic heterocycles. The van der Waals surface area contributed by atoms with Crippen LogP contribution in [0.5, 0.6) is 5.75 Å². The SMILES string of the molecule is COC(=O)[C@@H](OC(C)(C)C)c1c(C)nc2cc3nn2c1N1CCC(C)(CC1)OC/C=C/C[C@H](C)Oc1cccc(F)c1-c1cc-3ccc1F. The van der Waals surface area contributed by atoms with E-state index in [0.29, 0.717) is 60.1 Å². The van der Waals surface area contributed by atoms with Gasteiger partial charge in [0.05, 0.1) is 47.8 Å². The Labute approximate surface area is 285 Å². The van der Waals surface area contributed by atoms with Crippen LogP contribution in [0.1, 0.15) is 71.2 Å². The van der Waals surface area contributed by atoms with Gasteiger partial charge in [-0.25, -0.2) is 18.6 Å². The van der Waals surface area contributed by atoms with Crippen molar-refractivity contribution in [3.63, 3.8) is 0 Å². The number of fused-ring (bicyclic) bond motifs is 7. The second-order valence-corrected chi connectivity index (χ2v) is 14.1. The highest BCUT2D eigenvalue weighted by Gasteiger charge is 2.38. The van der Waals surface area contributed by atoms with Gasteiger partial charge in [0.25, 0.3) is 0 Å². The number of halogens is 2. The number of anilines is 1. The number of benzene rings is 2. The number of methoxy groups -OCH3 is 1. The molecule has 0 aliphatic carbocycles. The Morgan fingerprint density at radius 1 is 1.08 bits per heavy atom. The number of rotatable bonds is 3. The van der Waals surface area contributed by atoms with Crippen LogP contribution in [0.15, 0.2) is 54.6 Å². The zero-order chi connectivity index (χ0) is 35.1. The molecule has 0 saturated carbocycles. The summed E-state index contributed by atoms with van der Waals surface area (Å²) < 4.78 is 56.9. The minimum atomic E-state index is -1.08. The molecule has 49 heavy (non-hydrogen) atoms. The Balaban J connectivity index is 1.58. The topological polar surface area (TPSA) is 87.4 Å². The van der Waals surface area contributed by atoms with Crippen LogP contribution < -0.4 is 9.64 Å². The van der Waals surface area contributed by atoms with Gasteiger partial charge in [-0.1, -0.05) is 18.2 Å². The molecule has 0 radical (unpaired) electrons. The van der Waals surface area contributed by atoms with Crippen molar-refractivity contribution in [2.24, 2.45) is 0 Å². The summed E-state index contributed by atoms with van der Waals surface area (Å²) in [6.07, 6.45) is 4.58. The number of nitrogens with zero attached hydrogens (tertiary/aromatic N) is 4. The summed E-state index contributed by atoms with van der Waals surface area (Å²) in [7, 11) is 1.34. The fourth-order valence-corrected chi connectivity index (χ4v) is 6.50. The zero-order valence-corrected chi connectivity index (χ0v) is 29.2. The van der Waals surface area contributed by atoms with Crippen LogP contribution in [0.2, 0.25) is 0 Å². The molecule has 0 N–H and O–H groups in total. The van der Waals surface area contributed by atoms with Crippen LogP contribution in [0.4, 0.5) is 14.6 Å². The van der Waals surface area contributed by atoms with Crippen molar-refractivity contribution in [3.8, 4) is 28.1 Å². The number of ether oxygens (including phenoxy) is 4. The van der Waals surface area contributed by atoms with Gasteiger partial charge in [0.15, 0.2) is 11.8 Å². The third-order valence-electron chi connectivity index (χ3n) is 9.07. The van der Waals surface area contributed by atoms with Crippen molar-refractivity contribution in [2.75, 3.05) is 31.7 Å².